The molecule has 10 aliphatic rings. The Balaban J connectivity index is 0.000000212. The predicted molar refractivity (Wildman–Crippen MR) is 51.4 cm³/mol. The summed E-state index contributed by atoms with van der Waals surface area (Å²) in [4.78, 5) is 15.9. The van der Waals surface area contributed by atoms with E-state index in [0.29, 0.717) is 0 Å². The van der Waals surface area contributed by atoms with Crippen LogP contribution in [0.2, 0.25) is 48.2 Å². The van der Waals surface area contributed by atoms with Crippen LogP contribution in [-0.4, -0.2) is 0 Å². The summed E-state index contributed by atoms with van der Waals surface area (Å²) in [6, 6.07) is 0. The van der Waals surface area contributed by atoms with Crippen molar-refractivity contribution < 1.29 is 6.51 Å². The maximum atomic E-state index is 4.42. The zero-order valence-electron chi connectivity index (χ0n) is 7.28. The molecule has 10 rings (SSSR count). The normalized spacial score (nSPS) is 145. The Kier molecular flexibility index (Phi) is 0.118. The molecule has 0 amide bonds. The van der Waals surface area contributed by atoms with Crippen molar-refractivity contribution in [1.29, 1.82) is 0 Å². The van der Waals surface area contributed by atoms with Crippen molar-refractivity contribution in [2.75, 3.05) is 0 Å². The van der Waals surface area contributed by atoms with Gasteiger partial charge in [0, 0.05) is 0 Å². The van der Waals surface area contributed by atoms with Crippen LogP contribution in [0.5, 0.6) is 0 Å². The molecule has 0 radical (unpaired) electrons. The topological polar surface area (TPSA) is 26.0 Å². The average molecular weight is 235 g/mol. The van der Waals surface area contributed by atoms with Crippen molar-refractivity contribution in [1.82, 2.24) is 0 Å². The summed E-state index contributed by atoms with van der Waals surface area (Å²) in [5, 5.41) is 0. The molecular weight excluding hydrogens is 221 g/mol. The summed E-state index contributed by atoms with van der Waals surface area (Å²) in [5.74, 6) is 0. The summed E-state index contributed by atoms with van der Waals surface area (Å²) in [7, 11) is 1.92. The summed E-state index contributed by atoms with van der Waals surface area (Å²) < 4.78 is 0. The molecule has 10 heterocycles. The van der Waals surface area contributed by atoms with Crippen molar-refractivity contribution in [3.8, 4) is 0 Å². The van der Waals surface area contributed by atoms with Gasteiger partial charge in [0.25, 0.3) is 0 Å². The van der Waals surface area contributed by atoms with Crippen LogP contribution in [0.15, 0.2) is 0 Å². The molecule has 2 N–H and O–H groups in total. The van der Waals surface area contributed by atoms with Crippen LogP contribution in [0.3, 0.4) is 0 Å². The second-order valence-electron chi connectivity index (χ2n) is 9.58. The van der Waals surface area contributed by atoms with Gasteiger partial charge in [0.2, 0.25) is 0 Å². The Hall–Kier alpha value is 0.909. The van der Waals surface area contributed by atoms with E-state index in [-0.39, 0.29) is 0 Å². The van der Waals surface area contributed by atoms with Crippen molar-refractivity contribution in [3.05, 3.63) is 0 Å². The van der Waals surface area contributed by atoms with Crippen LogP contribution in [0.4, 0.5) is 0 Å². The predicted octanol–water partition coefficient (Wildman–Crippen LogP) is 3.11. The third-order valence-electron chi connectivity index (χ3n) is 14.5. The summed E-state index contributed by atoms with van der Waals surface area (Å²) in [6.07, 6.45) is 0. The van der Waals surface area contributed by atoms with Crippen molar-refractivity contribution >= 4 is 9.39 Å². The molecule has 10 fully saturated rings. The van der Waals surface area contributed by atoms with Gasteiger partial charge in [-0.3, -0.25) is 0 Å². The minimum atomic E-state index is -2.28. The van der Waals surface area contributed by atoms with Crippen molar-refractivity contribution in [2.45, 2.75) is 48.2 Å². The zero-order chi connectivity index (χ0) is 8.09. The Morgan fingerprint density at radius 1 is 0.538 bits per heavy atom. The van der Waals surface area contributed by atoms with E-state index >= 15 is 0 Å². The molecule has 3 heteroatoms. The third kappa shape index (κ3) is 0.0381. The van der Waals surface area contributed by atoms with E-state index in [1.807, 2.05) is 9.39 Å². The molecule has 1 nitrogen and oxygen atoms in total. The first-order chi connectivity index (χ1) is 6.16. The van der Waals surface area contributed by atoms with E-state index in [2.05, 4.69) is 5.50 Å². The van der Waals surface area contributed by atoms with Crippen molar-refractivity contribution in [3.63, 3.8) is 0 Å². The van der Waals surface area contributed by atoms with Crippen LogP contribution in [0, 0.1) is 0 Å². The van der Waals surface area contributed by atoms with E-state index in [1.54, 1.807) is 48.2 Å². The van der Waals surface area contributed by atoms with Gasteiger partial charge in [-0.15, -0.1) is 0 Å². The molecule has 0 aromatic heterocycles. The van der Waals surface area contributed by atoms with Crippen molar-refractivity contribution in [2.24, 2.45) is 5.50 Å². The molecule has 0 saturated carbocycles. The molecule has 10 aliphatic heterocycles. The Morgan fingerprint density at radius 3 is 0.692 bits per heavy atom. The van der Waals surface area contributed by atoms with E-state index in [4.69, 9.17) is 0 Å². The third-order valence-corrected chi connectivity index (χ3v) is 56.5. The van der Waals surface area contributed by atoms with Gasteiger partial charge in [-0.2, -0.15) is 0 Å². The van der Waals surface area contributed by atoms with Crippen LogP contribution < -0.4 is 5.50 Å². The fourth-order valence-corrected chi connectivity index (χ4v) is 88.0. The molecule has 1 spiro atoms. The number of hydrogen-bond acceptors (Lipinski definition) is 1. The number of nitrogens with two attached hydrogens (primary N) is 1. The fourth-order valence-electron chi connectivity index (χ4n) is 15.8. The molecule has 10 saturated heterocycles. The molecular formula is C10H14FeNP. The van der Waals surface area contributed by atoms with Gasteiger partial charge in [-0.25, -0.2) is 0 Å². The molecule has 0 bridgehead atoms. The maximum absolute atomic E-state index is 4.42. The van der Waals surface area contributed by atoms with Crippen LogP contribution in [-0.2, 0) is 6.51 Å². The average Bonchev–Trinajstić information content (AvgIpc) is 3.15. The van der Waals surface area contributed by atoms with E-state index < -0.39 is 6.51 Å². The minimum absolute atomic E-state index is 1.59. The monoisotopic (exact) mass is 235 g/mol. The van der Waals surface area contributed by atoms with Gasteiger partial charge in [0.15, 0.2) is 0 Å². The first-order valence-electron chi connectivity index (χ1n) is 5.71. The van der Waals surface area contributed by atoms with Crippen LogP contribution >= 0.6 is 9.39 Å². The Labute approximate surface area is 69.7 Å². The van der Waals surface area contributed by atoms with Gasteiger partial charge in [-0.05, 0) is 0 Å². The summed E-state index contributed by atoms with van der Waals surface area (Å²) in [6.45, 7) is -2.28. The Bertz CT molecular complexity index is 582. The molecule has 1 atom stereocenters. The van der Waals surface area contributed by atoms with Crippen LogP contribution in [0.25, 0.3) is 0 Å². The van der Waals surface area contributed by atoms with Gasteiger partial charge in [0.05, 0.1) is 0 Å². The quantitative estimate of drug-likeness (QED) is 0.506. The number of fused-ring (bicyclic) bond motifs is 10. The molecule has 0 aromatic rings. The first-order valence-corrected chi connectivity index (χ1v) is 12.7. The van der Waals surface area contributed by atoms with Gasteiger partial charge >= 0.3 is 54.7 Å². The second kappa shape index (κ2) is 0.318. The van der Waals surface area contributed by atoms with Gasteiger partial charge in [0.1, 0.15) is 0 Å². The summed E-state index contributed by atoms with van der Waals surface area (Å²) in [5.41, 5.74) is 4.42. The number of rotatable bonds is 0. The molecule has 0 aromatic carbocycles. The van der Waals surface area contributed by atoms with E-state index in [9.17, 15) is 0 Å². The van der Waals surface area contributed by atoms with Gasteiger partial charge < -0.3 is 5.50 Å². The standard InChI is InChI=1S/2C5H5.Fe.H4NP/c2*1-2-4-5-3-1;;1-2/h2*1-5H;;1-2H2. The van der Waals surface area contributed by atoms with Crippen LogP contribution in [0.1, 0.15) is 0 Å². The first kappa shape index (κ1) is 4.83. The summed E-state index contributed by atoms with van der Waals surface area (Å²) >= 11 is 0. The van der Waals surface area contributed by atoms with E-state index in [1.165, 1.54) is 0 Å². The molecule has 0 aliphatic carbocycles. The molecule has 1 unspecified atom stereocenters. The fraction of sp³-hybridized carbons (Fsp3) is 1.00. The molecule has 13 heavy (non-hydrogen) atoms. The second-order valence-corrected chi connectivity index (χ2v) is 33.5. The SMILES string of the molecule is NP.[CH]12[CH]3[CH]4[CH]5[CH]1[Fe]23451678[CH]2[CH]1[CH]6[CH]7[CH]28. The van der Waals surface area contributed by atoms with Gasteiger partial charge in [-0.1, -0.05) is 9.39 Å². The van der Waals surface area contributed by atoms with E-state index in [0.717, 1.165) is 0 Å². The Morgan fingerprint density at radius 2 is 0.692 bits per heavy atom. The zero-order valence-corrected chi connectivity index (χ0v) is 9.54. The number of hydrogen-bond donors (Lipinski definition) is 1. The molecule has 72 valence electrons.